The molecule has 1 saturated heterocycles. The zero-order valence-electron chi connectivity index (χ0n) is 12.0. The molecular weight excluding hydrogens is 272 g/mol. The minimum absolute atomic E-state index is 0.0245. The van der Waals surface area contributed by atoms with Gasteiger partial charge in [0, 0.05) is 25.2 Å². The molecule has 0 aromatic heterocycles. The molecule has 2 rings (SSSR count). The van der Waals surface area contributed by atoms with Crippen LogP contribution in [0.1, 0.15) is 17.3 Å². The summed E-state index contributed by atoms with van der Waals surface area (Å²) in [7, 11) is 0. The number of hydrogen-bond acceptors (Lipinski definition) is 5. The van der Waals surface area contributed by atoms with Crippen molar-refractivity contribution in [1.29, 1.82) is 0 Å². The summed E-state index contributed by atoms with van der Waals surface area (Å²) in [4.78, 5) is 24.4. The van der Waals surface area contributed by atoms with Crippen molar-refractivity contribution in [1.82, 2.24) is 10.2 Å². The summed E-state index contributed by atoms with van der Waals surface area (Å²) in [5.41, 5.74) is 0.578. The Kier molecular flexibility index (Phi) is 5.30. The van der Waals surface area contributed by atoms with Gasteiger partial charge in [-0.2, -0.15) is 0 Å². The number of rotatable bonds is 6. The van der Waals surface area contributed by atoms with Gasteiger partial charge in [-0.05, 0) is 19.1 Å². The van der Waals surface area contributed by atoms with Gasteiger partial charge in [-0.1, -0.05) is 12.1 Å². The third-order valence-corrected chi connectivity index (χ3v) is 3.27. The van der Waals surface area contributed by atoms with E-state index >= 15 is 0 Å². The molecule has 0 spiro atoms. The predicted molar refractivity (Wildman–Crippen MR) is 77.4 cm³/mol. The van der Waals surface area contributed by atoms with Crippen LogP contribution in [0.15, 0.2) is 24.3 Å². The van der Waals surface area contributed by atoms with E-state index in [1.807, 2.05) is 4.90 Å². The number of aliphatic hydroxyl groups is 1. The van der Waals surface area contributed by atoms with Gasteiger partial charge in [0.2, 0.25) is 5.91 Å². The minimum atomic E-state index is -0.683. The zero-order chi connectivity index (χ0) is 15.2. The van der Waals surface area contributed by atoms with Crippen molar-refractivity contribution < 1.29 is 19.4 Å². The Hall–Kier alpha value is -1.92. The van der Waals surface area contributed by atoms with Gasteiger partial charge >= 0.3 is 0 Å². The van der Waals surface area contributed by atoms with Gasteiger partial charge in [0.05, 0.1) is 6.54 Å². The maximum Gasteiger partial charge on any atom is 0.234 e. The number of piperazine rings is 1. The van der Waals surface area contributed by atoms with E-state index in [9.17, 15) is 14.7 Å². The molecule has 1 fully saturated rings. The van der Waals surface area contributed by atoms with Gasteiger partial charge in [-0.15, -0.1) is 0 Å². The topological polar surface area (TPSA) is 78.9 Å². The highest BCUT2D eigenvalue weighted by molar-refractivity contribution is 5.94. The molecule has 0 bridgehead atoms. The Morgan fingerprint density at radius 3 is 3.05 bits per heavy atom. The van der Waals surface area contributed by atoms with E-state index in [2.05, 4.69) is 5.32 Å². The molecule has 1 atom stereocenters. The molecule has 1 aromatic rings. The number of benzene rings is 1. The Bertz CT molecular complexity index is 518. The maximum absolute atomic E-state index is 11.3. The van der Waals surface area contributed by atoms with Crippen LogP contribution in [0.2, 0.25) is 0 Å². The molecule has 21 heavy (non-hydrogen) atoms. The number of ketones is 1. The number of β-amino-alcohol motifs (C(OH)–C–C–N with tert-alkyl or cyclic N) is 1. The quantitative estimate of drug-likeness (QED) is 0.725. The lowest BCUT2D eigenvalue weighted by molar-refractivity contribution is -0.124. The summed E-state index contributed by atoms with van der Waals surface area (Å²) in [5, 5.41) is 12.7. The molecular formula is C15H20N2O4. The average molecular weight is 292 g/mol. The molecule has 6 heteroatoms. The fourth-order valence-corrected chi connectivity index (χ4v) is 2.20. The van der Waals surface area contributed by atoms with Crippen molar-refractivity contribution in [2.45, 2.75) is 13.0 Å². The molecule has 0 aliphatic carbocycles. The largest absolute Gasteiger partial charge is 0.491 e. The second-order valence-corrected chi connectivity index (χ2v) is 5.13. The van der Waals surface area contributed by atoms with Crippen LogP contribution in [0.3, 0.4) is 0 Å². The van der Waals surface area contributed by atoms with Crippen molar-refractivity contribution in [3.8, 4) is 5.75 Å². The van der Waals surface area contributed by atoms with E-state index < -0.39 is 6.10 Å². The highest BCUT2D eigenvalue weighted by atomic mass is 16.5. The number of nitrogens with zero attached hydrogens (tertiary/aromatic N) is 1. The first-order valence-electron chi connectivity index (χ1n) is 6.95. The summed E-state index contributed by atoms with van der Waals surface area (Å²) in [6.07, 6.45) is -0.683. The third kappa shape index (κ3) is 4.84. The second kappa shape index (κ2) is 7.19. The lowest BCUT2D eigenvalue weighted by atomic mass is 10.1. The number of amides is 1. The molecule has 114 valence electrons. The van der Waals surface area contributed by atoms with E-state index in [4.69, 9.17) is 4.74 Å². The Balaban J connectivity index is 1.80. The molecule has 1 amide bonds. The minimum Gasteiger partial charge on any atom is -0.491 e. The smallest absolute Gasteiger partial charge is 0.234 e. The van der Waals surface area contributed by atoms with E-state index in [1.165, 1.54) is 6.92 Å². The van der Waals surface area contributed by atoms with Crippen molar-refractivity contribution in [2.24, 2.45) is 0 Å². The van der Waals surface area contributed by atoms with Crippen LogP contribution in [0, 0.1) is 0 Å². The van der Waals surface area contributed by atoms with Gasteiger partial charge in [0.15, 0.2) is 5.78 Å². The maximum atomic E-state index is 11.3. The summed E-state index contributed by atoms with van der Waals surface area (Å²) in [6, 6.07) is 6.86. The number of nitrogens with one attached hydrogen (secondary N) is 1. The Morgan fingerprint density at radius 1 is 1.52 bits per heavy atom. The number of Topliss-reactive ketones (excluding diaryl/α,β-unsaturated/α-hetero) is 1. The van der Waals surface area contributed by atoms with Crippen molar-refractivity contribution in [3.63, 3.8) is 0 Å². The van der Waals surface area contributed by atoms with Gasteiger partial charge in [0.25, 0.3) is 0 Å². The van der Waals surface area contributed by atoms with Crippen LogP contribution in [0.5, 0.6) is 5.75 Å². The number of carbonyl (C=O) groups excluding carboxylic acids is 2. The SMILES string of the molecule is CC(=O)c1cccc(OCC(O)CN2CCNC(=O)C2)c1. The lowest BCUT2D eigenvalue weighted by Crippen LogP contribution is -2.50. The van der Waals surface area contributed by atoms with Crippen molar-refractivity contribution >= 4 is 11.7 Å². The van der Waals surface area contributed by atoms with Crippen LogP contribution in [-0.4, -0.2) is 60.6 Å². The van der Waals surface area contributed by atoms with Crippen molar-refractivity contribution in [3.05, 3.63) is 29.8 Å². The number of hydrogen-bond donors (Lipinski definition) is 2. The van der Waals surface area contributed by atoms with Crippen LogP contribution in [-0.2, 0) is 4.79 Å². The fourth-order valence-electron chi connectivity index (χ4n) is 2.20. The van der Waals surface area contributed by atoms with Crippen LogP contribution in [0.25, 0.3) is 0 Å². The second-order valence-electron chi connectivity index (χ2n) is 5.13. The predicted octanol–water partition coefficient (Wildman–Crippen LogP) is 0.0607. The monoisotopic (exact) mass is 292 g/mol. The van der Waals surface area contributed by atoms with E-state index in [0.717, 1.165) is 6.54 Å². The summed E-state index contributed by atoms with van der Waals surface area (Å²) < 4.78 is 5.50. The van der Waals surface area contributed by atoms with Gasteiger partial charge in [-0.25, -0.2) is 0 Å². The Labute approximate surface area is 123 Å². The number of ether oxygens (including phenoxy) is 1. The van der Waals surface area contributed by atoms with Crippen molar-refractivity contribution in [2.75, 3.05) is 32.8 Å². The summed E-state index contributed by atoms with van der Waals surface area (Å²) >= 11 is 0. The van der Waals surface area contributed by atoms with E-state index in [1.54, 1.807) is 24.3 Å². The van der Waals surface area contributed by atoms with Crippen LogP contribution in [0.4, 0.5) is 0 Å². The molecule has 6 nitrogen and oxygen atoms in total. The molecule has 0 radical (unpaired) electrons. The molecule has 1 aliphatic heterocycles. The molecule has 0 saturated carbocycles. The van der Waals surface area contributed by atoms with Gasteiger partial charge in [-0.3, -0.25) is 14.5 Å². The number of carbonyl (C=O) groups is 2. The fraction of sp³-hybridized carbons (Fsp3) is 0.467. The zero-order valence-corrected chi connectivity index (χ0v) is 12.0. The molecule has 1 aromatic carbocycles. The summed E-state index contributed by atoms with van der Waals surface area (Å²) in [6.45, 7) is 3.64. The normalized spacial score (nSPS) is 17.1. The highest BCUT2D eigenvalue weighted by Crippen LogP contribution is 2.14. The van der Waals surface area contributed by atoms with Gasteiger partial charge in [0.1, 0.15) is 18.5 Å². The summed E-state index contributed by atoms with van der Waals surface area (Å²) in [5.74, 6) is 0.502. The van der Waals surface area contributed by atoms with Crippen LogP contribution >= 0.6 is 0 Å². The Morgan fingerprint density at radius 2 is 2.33 bits per heavy atom. The first kappa shape index (κ1) is 15.5. The average Bonchev–Trinajstić information content (AvgIpc) is 2.45. The molecule has 1 unspecified atom stereocenters. The highest BCUT2D eigenvalue weighted by Gasteiger charge is 2.19. The standard InChI is InChI=1S/C15H20N2O4/c1-11(18)12-3-2-4-14(7-12)21-10-13(19)8-17-6-5-16-15(20)9-17/h2-4,7,13,19H,5-6,8-10H2,1H3,(H,16,20). The lowest BCUT2D eigenvalue weighted by Gasteiger charge is -2.28. The number of aliphatic hydroxyl groups excluding tert-OH is 1. The first-order valence-corrected chi connectivity index (χ1v) is 6.95. The molecule has 1 aliphatic rings. The first-order chi connectivity index (χ1) is 10.0. The van der Waals surface area contributed by atoms with Gasteiger partial charge < -0.3 is 15.2 Å². The van der Waals surface area contributed by atoms with Crippen LogP contribution < -0.4 is 10.1 Å². The molecule has 2 N–H and O–H groups in total. The molecule has 1 heterocycles. The van der Waals surface area contributed by atoms with E-state index in [0.29, 0.717) is 30.9 Å². The van der Waals surface area contributed by atoms with E-state index in [-0.39, 0.29) is 18.3 Å². The third-order valence-electron chi connectivity index (χ3n) is 3.27.